The molecule has 0 aromatic rings. The van der Waals surface area contributed by atoms with Gasteiger partial charge in [0.25, 0.3) is 0 Å². The van der Waals surface area contributed by atoms with Crippen molar-refractivity contribution in [2.75, 3.05) is 19.8 Å². The minimum atomic E-state index is -1.20. The van der Waals surface area contributed by atoms with E-state index >= 15 is 0 Å². The molecule has 1 heterocycles. The fourth-order valence-corrected chi connectivity index (χ4v) is 1.54. The second-order valence-corrected chi connectivity index (χ2v) is 4.54. The van der Waals surface area contributed by atoms with Crippen LogP contribution in [0.1, 0.15) is 32.6 Å². The van der Waals surface area contributed by atoms with Gasteiger partial charge in [-0.25, -0.2) is 0 Å². The Kier molecular flexibility index (Phi) is 5.18. The van der Waals surface area contributed by atoms with Crippen molar-refractivity contribution in [1.29, 1.82) is 0 Å². The fourth-order valence-electron chi connectivity index (χ4n) is 1.54. The molecule has 0 bridgehead atoms. The summed E-state index contributed by atoms with van der Waals surface area (Å²) in [6.07, 6.45) is 3.81. The monoisotopic (exact) mass is 231 g/mol. The van der Waals surface area contributed by atoms with Gasteiger partial charge in [0.15, 0.2) is 0 Å². The highest BCUT2D eigenvalue weighted by Gasteiger charge is 2.27. The molecule has 94 valence electrons. The summed E-state index contributed by atoms with van der Waals surface area (Å²) in [6, 6.07) is 0. The van der Waals surface area contributed by atoms with E-state index in [9.17, 15) is 4.79 Å². The third-order valence-corrected chi connectivity index (χ3v) is 2.83. The summed E-state index contributed by atoms with van der Waals surface area (Å²) >= 11 is 0. The lowest BCUT2D eigenvalue weighted by molar-refractivity contribution is -0.143. The van der Waals surface area contributed by atoms with Crippen molar-refractivity contribution in [2.24, 2.45) is 5.73 Å². The molecule has 1 saturated heterocycles. The van der Waals surface area contributed by atoms with Crippen LogP contribution < -0.4 is 5.73 Å². The molecule has 0 aromatic heterocycles. The minimum absolute atomic E-state index is 0.169. The van der Waals surface area contributed by atoms with E-state index in [0.29, 0.717) is 19.6 Å². The Bertz CT molecular complexity index is 224. The second kappa shape index (κ2) is 6.18. The highest BCUT2D eigenvalue weighted by Crippen LogP contribution is 2.13. The normalized spacial score (nSPS) is 25.0. The van der Waals surface area contributed by atoms with Crippen LogP contribution in [0.5, 0.6) is 0 Å². The van der Waals surface area contributed by atoms with Gasteiger partial charge in [0.05, 0.1) is 12.7 Å². The number of nitrogens with two attached hydrogens (primary N) is 1. The second-order valence-electron chi connectivity index (χ2n) is 4.54. The Morgan fingerprint density at radius 1 is 1.62 bits per heavy atom. The standard InChI is InChI=1S/C11H21NO4/c1-11(12,10(13)14)5-7-15-8-9-4-2-3-6-16-9/h9H,2-8,12H2,1H3,(H,13,14). The van der Waals surface area contributed by atoms with Crippen molar-refractivity contribution in [1.82, 2.24) is 0 Å². The highest BCUT2D eigenvalue weighted by molar-refractivity contribution is 5.77. The summed E-state index contributed by atoms with van der Waals surface area (Å²) < 4.78 is 10.9. The number of aliphatic carboxylic acids is 1. The van der Waals surface area contributed by atoms with Gasteiger partial charge in [0, 0.05) is 13.2 Å². The molecule has 2 atom stereocenters. The van der Waals surface area contributed by atoms with Crippen LogP contribution in [0, 0.1) is 0 Å². The van der Waals surface area contributed by atoms with Crippen LogP contribution in [-0.2, 0) is 14.3 Å². The molecule has 5 heteroatoms. The van der Waals surface area contributed by atoms with E-state index in [0.717, 1.165) is 19.4 Å². The Balaban J connectivity index is 2.09. The third-order valence-electron chi connectivity index (χ3n) is 2.83. The predicted molar refractivity (Wildman–Crippen MR) is 59.3 cm³/mol. The number of carboxylic acid groups (broad SMARTS) is 1. The van der Waals surface area contributed by atoms with Crippen LogP contribution in [-0.4, -0.2) is 42.5 Å². The van der Waals surface area contributed by atoms with Crippen molar-refractivity contribution in [2.45, 2.75) is 44.2 Å². The molecule has 0 spiro atoms. The third kappa shape index (κ3) is 4.47. The molecule has 0 aliphatic carbocycles. The Labute approximate surface area is 95.9 Å². The fraction of sp³-hybridized carbons (Fsp3) is 0.909. The first-order valence-corrected chi connectivity index (χ1v) is 5.74. The van der Waals surface area contributed by atoms with Gasteiger partial charge in [-0.2, -0.15) is 0 Å². The number of hydrogen-bond donors (Lipinski definition) is 2. The van der Waals surface area contributed by atoms with Gasteiger partial charge in [-0.3, -0.25) is 4.79 Å². The smallest absolute Gasteiger partial charge is 0.323 e. The SMILES string of the molecule is CC(N)(CCOCC1CCCCO1)C(=O)O. The van der Waals surface area contributed by atoms with Crippen molar-refractivity contribution in [3.63, 3.8) is 0 Å². The average molecular weight is 231 g/mol. The molecule has 1 aliphatic rings. The number of hydrogen-bond acceptors (Lipinski definition) is 4. The summed E-state index contributed by atoms with van der Waals surface area (Å²) in [5, 5.41) is 8.78. The molecular formula is C11H21NO4. The lowest BCUT2D eigenvalue weighted by atomic mass is 10.0. The zero-order chi connectivity index (χ0) is 12.0. The first-order chi connectivity index (χ1) is 7.52. The molecule has 1 aliphatic heterocycles. The maximum absolute atomic E-state index is 10.7. The summed E-state index contributed by atoms with van der Waals surface area (Å²) in [5.41, 5.74) is 4.37. The summed E-state index contributed by atoms with van der Waals surface area (Å²) in [4.78, 5) is 10.7. The molecule has 3 N–H and O–H groups in total. The van der Waals surface area contributed by atoms with E-state index in [4.69, 9.17) is 20.3 Å². The molecule has 5 nitrogen and oxygen atoms in total. The van der Waals surface area contributed by atoms with E-state index in [1.54, 1.807) is 0 Å². The van der Waals surface area contributed by atoms with Gasteiger partial charge in [-0.1, -0.05) is 0 Å². The number of ether oxygens (including phenoxy) is 2. The summed E-state index contributed by atoms with van der Waals surface area (Å²) in [6.45, 7) is 3.20. The van der Waals surface area contributed by atoms with Crippen molar-refractivity contribution in [3.05, 3.63) is 0 Å². The maximum Gasteiger partial charge on any atom is 0.323 e. The van der Waals surface area contributed by atoms with Crippen LogP contribution in [0.15, 0.2) is 0 Å². The number of carbonyl (C=O) groups is 1. The number of carboxylic acids is 1. The Morgan fingerprint density at radius 3 is 2.94 bits per heavy atom. The van der Waals surface area contributed by atoms with E-state index < -0.39 is 11.5 Å². The predicted octanol–water partition coefficient (Wildman–Crippen LogP) is 0.764. The van der Waals surface area contributed by atoms with Gasteiger partial charge in [-0.15, -0.1) is 0 Å². The van der Waals surface area contributed by atoms with E-state index in [1.165, 1.54) is 13.3 Å². The molecule has 0 saturated carbocycles. The molecule has 1 fully saturated rings. The highest BCUT2D eigenvalue weighted by atomic mass is 16.5. The zero-order valence-corrected chi connectivity index (χ0v) is 9.78. The summed E-state index contributed by atoms with van der Waals surface area (Å²) in [7, 11) is 0. The van der Waals surface area contributed by atoms with Crippen molar-refractivity contribution in [3.8, 4) is 0 Å². The first kappa shape index (κ1) is 13.4. The van der Waals surface area contributed by atoms with Gasteiger partial charge in [0.1, 0.15) is 5.54 Å². The van der Waals surface area contributed by atoms with Gasteiger partial charge >= 0.3 is 5.97 Å². The van der Waals surface area contributed by atoms with Gasteiger partial charge in [0.2, 0.25) is 0 Å². The van der Waals surface area contributed by atoms with Crippen molar-refractivity contribution < 1.29 is 19.4 Å². The van der Waals surface area contributed by atoms with E-state index in [-0.39, 0.29) is 6.10 Å². The molecule has 0 radical (unpaired) electrons. The van der Waals surface area contributed by atoms with E-state index in [2.05, 4.69) is 0 Å². The van der Waals surface area contributed by atoms with Gasteiger partial charge < -0.3 is 20.3 Å². The van der Waals surface area contributed by atoms with E-state index in [1.807, 2.05) is 0 Å². The largest absolute Gasteiger partial charge is 0.480 e. The number of rotatable bonds is 6. The topological polar surface area (TPSA) is 81.8 Å². The van der Waals surface area contributed by atoms with Crippen LogP contribution >= 0.6 is 0 Å². The van der Waals surface area contributed by atoms with Crippen LogP contribution in [0.25, 0.3) is 0 Å². The quantitative estimate of drug-likeness (QED) is 0.660. The molecule has 16 heavy (non-hydrogen) atoms. The van der Waals surface area contributed by atoms with Crippen molar-refractivity contribution >= 4 is 5.97 Å². The Hall–Kier alpha value is -0.650. The lowest BCUT2D eigenvalue weighted by Crippen LogP contribution is -2.45. The van der Waals surface area contributed by atoms with Gasteiger partial charge in [-0.05, 0) is 32.6 Å². The van der Waals surface area contributed by atoms with Crippen LogP contribution in [0.3, 0.4) is 0 Å². The molecule has 0 aromatic carbocycles. The van der Waals surface area contributed by atoms with Crippen LogP contribution in [0.4, 0.5) is 0 Å². The molecule has 0 amide bonds. The summed E-state index contributed by atoms with van der Waals surface area (Å²) in [5.74, 6) is -0.995. The first-order valence-electron chi connectivity index (χ1n) is 5.74. The Morgan fingerprint density at radius 2 is 2.38 bits per heavy atom. The molecular weight excluding hydrogens is 210 g/mol. The van der Waals surface area contributed by atoms with Crippen LogP contribution in [0.2, 0.25) is 0 Å². The lowest BCUT2D eigenvalue weighted by Gasteiger charge is -2.23. The average Bonchev–Trinajstić information content (AvgIpc) is 2.26. The minimum Gasteiger partial charge on any atom is -0.480 e. The maximum atomic E-state index is 10.7. The zero-order valence-electron chi connectivity index (χ0n) is 9.78. The molecule has 1 rings (SSSR count). The molecule has 2 unspecified atom stereocenters.